The van der Waals surface area contributed by atoms with Gasteiger partial charge in [0, 0.05) is 8.95 Å². The lowest BCUT2D eigenvalue weighted by Crippen LogP contribution is -2.06. The van der Waals surface area contributed by atoms with Crippen LogP contribution in [0.15, 0.2) is 26.0 Å². The lowest BCUT2D eigenvalue weighted by atomic mass is 10.3. The van der Waals surface area contributed by atoms with Gasteiger partial charge in [0.2, 0.25) is 0 Å². The van der Waals surface area contributed by atoms with Crippen LogP contribution in [-0.4, -0.2) is 0 Å². The molecule has 88 valence electrons. The van der Waals surface area contributed by atoms with Gasteiger partial charge in [-0.2, -0.15) is 0 Å². The average Bonchev–Trinajstić information content (AvgIpc) is 1.94. The summed E-state index contributed by atoms with van der Waals surface area (Å²) in [5.74, 6) is 0. The van der Waals surface area contributed by atoms with Crippen LogP contribution in [0.1, 0.15) is 0 Å². The van der Waals surface area contributed by atoms with E-state index in [1.165, 1.54) is 0 Å². The number of hydrogen-bond acceptors (Lipinski definition) is 1. The minimum Gasteiger partial charge on any atom is -0.397 e. The van der Waals surface area contributed by atoms with Crippen molar-refractivity contribution in [3.8, 4) is 0 Å². The maximum atomic E-state index is 12.4. The van der Waals surface area contributed by atoms with Gasteiger partial charge in [0.25, 0.3) is 0 Å². The van der Waals surface area contributed by atoms with E-state index in [1.807, 2.05) is 0 Å². The van der Waals surface area contributed by atoms with E-state index in [9.17, 15) is 19.4 Å². The Morgan fingerprint density at radius 2 is 1.27 bits per heavy atom. The summed E-state index contributed by atoms with van der Waals surface area (Å²) in [4.78, 5) is -1.98. The first kappa shape index (κ1) is 13.0. The second-order valence-electron chi connectivity index (χ2n) is 2.77. The van der Waals surface area contributed by atoms with Crippen molar-refractivity contribution in [2.45, 2.75) is 4.90 Å². The summed E-state index contributed by atoms with van der Waals surface area (Å²) in [7, 11) is -9.64. The normalized spacial score (nSPS) is 17.0. The molecule has 1 rings (SSSR count). The molecule has 0 unspecified atom stereocenters. The van der Waals surface area contributed by atoms with Gasteiger partial charge in [0.1, 0.15) is 4.90 Å². The number of rotatable bonds is 1. The number of anilines is 1. The number of benzene rings is 1. The smallest absolute Gasteiger partial charge is 0.310 e. The molecule has 0 atom stereocenters. The summed E-state index contributed by atoms with van der Waals surface area (Å²) in [6.07, 6.45) is 0. The van der Waals surface area contributed by atoms with Crippen LogP contribution in [0.4, 0.5) is 25.1 Å². The van der Waals surface area contributed by atoms with Gasteiger partial charge in [-0.3, -0.25) is 0 Å². The molecule has 1 nitrogen and oxygen atoms in total. The SMILES string of the molecule is Nc1c(Br)cc(S(F)(F)(F)(F)F)cc1Br. The quantitative estimate of drug-likeness (QED) is 0.511. The Balaban J connectivity index is 3.58. The molecule has 0 radical (unpaired) electrons. The number of halogens is 7. The van der Waals surface area contributed by atoms with Crippen LogP contribution in [0.5, 0.6) is 0 Å². The minimum absolute atomic E-state index is 0.0689. The van der Waals surface area contributed by atoms with Crippen molar-refractivity contribution in [3.05, 3.63) is 21.1 Å². The fourth-order valence-electron chi connectivity index (χ4n) is 0.784. The fourth-order valence-corrected chi connectivity index (χ4v) is 2.95. The van der Waals surface area contributed by atoms with E-state index in [4.69, 9.17) is 5.73 Å². The first-order valence-corrected chi connectivity index (χ1v) is 6.83. The third-order valence-electron chi connectivity index (χ3n) is 1.50. The lowest BCUT2D eigenvalue weighted by molar-refractivity contribution is 0.364. The van der Waals surface area contributed by atoms with Gasteiger partial charge in [0.15, 0.2) is 0 Å². The zero-order valence-electron chi connectivity index (χ0n) is 6.79. The van der Waals surface area contributed by atoms with Crippen molar-refractivity contribution in [2.24, 2.45) is 0 Å². The van der Waals surface area contributed by atoms with E-state index in [2.05, 4.69) is 31.9 Å². The molecule has 9 heteroatoms. The summed E-state index contributed by atoms with van der Waals surface area (Å²) in [5, 5.41) is 0. The van der Waals surface area contributed by atoms with Crippen molar-refractivity contribution in [3.63, 3.8) is 0 Å². The maximum Gasteiger partial charge on any atom is 0.310 e. The highest BCUT2D eigenvalue weighted by atomic mass is 79.9. The molecule has 0 aliphatic rings. The Morgan fingerprint density at radius 1 is 0.933 bits per heavy atom. The predicted octanol–water partition coefficient (Wildman–Crippen LogP) is 5.45. The van der Waals surface area contributed by atoms with Gasteiger partial charge in [-0.05, 0) is 44.0 Å². The summed E-state index contributed by atoms with van der Waals surface area (Å²) in [6.45, 7) is 0. The Labute approximate surface area is 98.8 Å². The Morgan fingerprint density at radius 3 is 1.53 bits per heavy atom. The van der Waals surface area contributed by atoms with Crippen molar-refractivity contribution < 1.29 is 19.4 Å². The second kappa shape index (κ2) is 2.80. The largest absolute Gasteiger partial charge is 0.397 e. The first-order chi connectivity index (χ1) is 6.31. The standard InChI is InChI=1S/C6H4Br2F5NS/c7-4-1-3(2-5(8)6(4)14)15(9,10,11,12)13/h1-2H,14H2. The molecule has 0 aliphatic heterocycles. The Kier molecular flexibility index (Phi) is 2.44. The fraction of sp³-hybridized carbons (Fsp3) is 0. The van der Waals surface area contributed by atoms with Crippen LogP contribution >= 0.6 is 42.1 Å². The summed E-state index contributed by atoms with van der Waals surface area (Å²) >= 11 is 5.34. The number of nitrogen functional groups attached to an aromatic ring is 1. The van der Waals surface area contributed by atoms with Gasteiger partial charge in [-0.1, -0.05) is 19.4 Å². The van der Waals surface area contributed by atoms with E-state index < -0.39 is 15.1 Å². The topological polar surface area (TPSA) is 26.0 Å². The highest BCUT2D eigenvalue weighted by molar-refractivity contribution is 9.11. The molecule has 1 aromatic carbocycles. The van der Waals surface area contributed by atoms with E-state index in [0.29, 0.717) is 0 Å². The van der Waals surface area contributed by atoms with Gasteiger partial charge in [-0.15, -0.1) is 0 Å². The van der Waals surface area contributed by atoms with Crippen LogP contribution in [0.25, 0.3) is 0 Å². The lowest BCUT2D eigenvalue weighted by Gasteiger charge is -2.40. The van der Waals surface area contributed by atoms with Gasteiger partial charge in [-0.25, -0.2) is 0 Å². The molecular weight excluding hydrogens is 373 g/mol. The number of hydrogen-bond donors (Lipinski definition) is 1. The molecule has 1 aromatic rings. The first-order valence-electron chi connectivity index (χ1n) is 3.30. The molecule has 0 spiro atoms. The van der Waals surface area contributed by atoms with Crippen LogP contribution in [0.2, 0.25) is 0 Å². The van der Waals surface area contributed by atoms with Crippen LogP contribution in [-0.2, 0) is 0 Å². The van der Waals surface area contributed by atoms with Crippen LogP contribution in [0.3, 0.4) is 0 Å². The third-order valence-corrected chi connectivity index (χ3v) is 3.94. The molecule has 15 heavy (non-hydrogen) atoms. The van der Waals surface area contributed by atoms with E-state index in [-0.39, 0.29) is 26.8 Å². The molecule has 0 amide bonds. The van der Waals surface area contributed by atoms with Crippen molar-refractivity contribution in [2.75, 3.05) is 5.73 Å². The molecular formula is C6H4Br2F5NS. The highest BCUT2D eigenvalue weighted by Gasteiger charge is 2.65. The van der Waals surface area contributed by atoms with Gasteiger partial charge >= 0.3 is 10.2 Å². The predicted molar refractivity (Wildman–Crippen MR) is 57.7 cm³/mol. The third kappa shape index (κ3) is 2.97. The molecule has 0 aromatic heterocycles. The van der Waals surface area contributed by atoms with E-state index >= 15 is 0 Å². The molecule has 0 bridgehead atoms. The molecule has 0 heterocycles. The zero-order valence-corrected chi connectivity index (χ0v) is 10.8. The molecule has 0 fully saturated rings. The second-order valence-corrected chi connectivity index (χ2v) is 6.89. The monoisotopic (exact) mass is 375 g/mol. The summed E-state index contributed by atoms with van der Waals surface area (Å²) in [6, 6.07) is 0.531. The molecule has 0 saturated carbocycles. The Bertz CT molecular complexity index is 405. The molecule has 2 N–H and O–H groups in total. The van der Waals surface area contributed by atoms with Gasteiger partial charge in [0.05, 0.1) is 5.69 Å². The maximum absolute atomic E-state index is 12.4. The number of nitrogens with two attached hydrogens (primary N) is 1. The molecule has 0 saturated heterocycles. The van der Waals surface area contributed by atoms with Crippen LogP contribution < -0.4 is 5.73 Å². The summed E-state index contributed by atoms with van der Waals surface area (Å²) in [5.41, 5.74) is 5.22. The van der Waals surface area contributed by atoms with Crippen molar-refractivity contribution in [1.29, 1.82) is 0 Å². The van der Waals surface area contributed by atoms with Crippen LogP contribution in [0, 0.1) is 0 Å². The van der Waals surface area contributed by atoms with Crippen molar-refractivity contribution >= 4 is 47.8 Å². The highest BCUT2D eigenvalue weighted by Crippen LogP contribution is 3.02. The van der Waals surface area contributed by atoms with E-state index in [0.717, 1.165) is 0 Å². The zero-order chi connectivity index (χ0) is 12.1. The Hall–Kier alpha value is -0.0200. The minimum atomic E-state index is -9.64. The molecule has 0 aliphatic carbocycles. The summed E-state index contributed by atoms with van der Waals surface area (Å²) < 4.78 is 61.3. The van der Waals surface area contributed by atoms with E-state index in [1.54, 1.807) is 0 Å². The van der Waals surface area contributed by atoms with Gasteiger partial charge < -0.3 is 5.73 Å². The van der Waals surface area contributed by atoms with Crippen molar-refractivity contribution in [1.82, 2.24) is 0 Å². The average molecular weight is 377 g/mol.